The van der Waals surface area contributed by atoms with Crippen molar-refractivity contribution in [2.75, 3.05) is 63.0 Å². The third kappa shape index (κ3) is 5.14. The number of nitriles is 1. The van der Waals surface area contributed by atoms with E-state index in [1.54, 1.807) is 23.1 Å². The highest BCUT2D eigenvalue weighted by Gasteiger charge is 2.39. The summed E-state index contributed by atoms with van der Waals surface area (Å²) in [7, 11) is 2.09. The monoisotopic (exact) mass is 635 g/mol. The fourth-order valence-corrected chi connectivity index (χ4v) is 7.52. The molecule has 4 aliphatic heterocycles. The number of piperazine rings is 1. The van der Waals surface area contributed by atoms with E-state index in [2.05, 4.69) is 27.8 Å². The van der Waals surface area contributed by atoms with Crippen molar-refractivity contribution in [3.05, 3.63) is 75.0 Å². The molecule has 0 spiro atoms. The average Bonchev–Trinajstić information content (AvgIpc) is 3.26. The van der Waals surface area contributed by atoms with Crippen LogP contribution in [0.2, 0.25) is 10.0 Å². The smallest absolute Gasteiger partial charge is 0.259 e. The Morgan fingerprint density at radius 2 is 1.70 bits per heavy atom. The van der Waals surface area contributed by atoms with Gasteiger partial charge in [0.1, 0.15) is 17.6 Å². The lowest BCUT2D eigenvalue weighted by molar-refractivity contribution is 0.0516. The van der Waals surface area contributed by atoms with Gasteiger partial charge in [-0.2, -0.15) is 5.26 Å². The van der Waals surface area contributed by atoms with Crippen LogP contribution in [0, 0.1) is 17.1 Å². The maximum Gasteiger partial charge on any atom is 0.259 e. The van der Waals surface area contributed by atoms with Crippen molar-refractivity contribution in [2.45, 2.75) is 31.5 Å². The highest BCUT2D eigenvalue weighted by Crippen LogP contribution is 2.43. The third-order valence-electron chi connectivity index (χ3n) is 9.23. The molecular weight excluding hydrogens is 604 g/mol. The third-order valence-corrected chi connectivity index (χ3v) is 9.83. The minimum absolute atomic E-state index is 0.0475. The van der Waals surface area contributed by atoms with Crippen LogP contribution in [0.4, 0.5) is 15.8 Å². The molecule has 2 bridgehead atoms. The van der Waals surface area contributed by atoms with Gasteiger partial charge in [0.05, 0.1) is 58.7 Å². The Hall–Kier alpha value is -3.55. The molecule has 3 fully saturated rings. The largest absolute Gasteiger partial charge is 0.472 e. The molecule has 4 aliphatic rings. The second-order valence-corrected chi connectivity index (χ2v) is 12.8. The van der Waals surface area contributed by atoms with Gasteiger partial charge in [0.15, 0.2) is 6.73 Å². The van der Waals surface area contributed by atoms with Crippen molar-refractivity contribution in [3.8, 4) is 22.9 Å². The van der Waals surface area contributed by atoms with E-state index in [1.807, 2.05) is 18.2 Å². The van der Waals surface area contributed by atoms with E-state index in [9.17, 15) is 10.1 Å². The second kappa shape index (κ2) is 11.8. The zero-order chi connectivity index (χ0) is 30.5. The van der Waals surface area contributed by atoms with Gasteiger partial charge >= 0.3 is 0 Å². The molecule has 0 aromatic heterocycles. The van der Waals surface area contributed by atoms with Crippen LogP contribution in [0.5, 0.6) is 5.75 Å². The zero-order valence-electron chi connectivity index (χ0n) is 24.4. The number of carbonyl (C=O) groups excluding carboxylic acids is 1. The number of ether oxygens (including phenoxy) is 2. The average molecular weight is 637 g/mol. The number of fused-ring (bicyclic) bond motifs is 3. The molecular formula is C33H32Cl2FN5O3. The van der Waals surface area contributed by atoms with Gasteiger partial charge in [0.25, 0.3) is 5.91 Å². The molecule has 3 aromatic carbocycles. The maximum atomic E-state index is 15.6. The normalized spacial score (nSPS) is 21.6. The van der Waals surface area contributed by atoms with Crippen molar-refractivity contribution in [1.82, 2.24) is 9.80 Å². The first-order chi connectivity index (χ1) is 21.3. The standard InChI is InChI=1S/C33H32Cl2FN5O3/c1-38-7-9-39(10-8-38)24-12-27(34)31(28(35)13-24)33(42)40-16-20-3-2-4-25(32(20)44-19-40)26-14-30(21(15-37)11-29(26)36)41-22-5-6-23(41)18-43-17-22/h2-4,11-14,22-23H,5-10,16-19H2,1H3. The molecule has 0 N–H and O–H groups in total. The van der Waals surface area contributed by atoms with Gasteiger partial charge in [-0.15, -0.1) is 0 Å². The number of rotatable bonds is 4. The van der Waals surface area contributed by atoms with E-state index in [4.69, 9.17) is 32.7 Å². The predicted octanol–water partition coefficient (Wildman–Crippen LogP) is 5.78. The number of hydrogen-bond donors (Lipinski definition) is 0. The van der Waals surface area contributed by atoms with E-state index >= 15 is 4.39 Å². The quantitative estimate of drug-likeness (QED) is 0.360. The molecule has 11 heteroatoms. The number of hydrogen-bond acceptors (Lipinski definition) is 7. The molecule has 7 rings (SSSR count). The first-order valence-corrected chi connectivity index (χ1v) is 15.6. The molecule has 3 saturated heterocycles. The van der Waals surface area contributed by atoms with Gasteiger partial charge in [0, 0.05) is 48.6 Å². The molecule has 1 amide bonds. The molecule has 4 heterocycles. The molecule has 0 radical (unpaired) electrons. The summed E-state index contributed by atoms with van der Waals surface area (Å²) in [6.07, 6.45) is 1.95. The molecule has 2 atom stereocenters. The fourth-order valence-electron chi connectivity index (χ4n) is 6.88. The summed E-state index contributed by atoms with van der Waals surface area (Å²) >= 11 is 13.3. The van der Waals surface area contributed by atoms with E-state index in [-0.39, 0.29) is 36.8 Å². The highest BCUT2D eigenvalue weighted by molar-refractivity contribution is 6.40. The van der Waals surface area contributed by atoms with Crippen LogP contribution in [-0.4, -0.2) is 81.0 Å². The molecule has 8 nitrogen and oxygen atoms in total. The SMILES string of the molecule is CN1CCN(c2cc(Cl)c(C(=O)N3COc4c(cccc4-c4cc(N5C6CCC5COC6)c(C#N)cc4F)C3)c(Cl)c2)CC1. The van der Waals surface area contributed by atoms with E-state index in [0.29, 0.717) is 51.4 Å². The highest BCUT2D eigenvalue weighted by atomic mass is 35.5. The van der Waals surface area contributed by atoms with Crippen LogP contribution in [0.25, 0.3) is 11.1 Å². The number of nitrogens with zero attached hydrogens (tertiary/aromatic N) is 5. The number of carbonyl (C=O) groups is 1. The number of halogens is 3. The van der Waals surface area contributed by atoms with Gasteiger partial charge in [-0.3, -0.25) is 4.79 Å². The summed E-state index contributed by atoms with van der Waals surface area (Å²) in [6, 6.07) is 14.7. The van der Waals surface area contributed by atoms with E-state index < -0.39 is 5.82 Å². The lowest BCUT2D eigenvalue weighted by Gasteiger charge is -2.37. The number of anilines is 2. The fraction of sp³-hybridized carbons (Fsp3) is 0.394. The van der Waals surface area contributed by atoms with Crippen LogP contribution >= 0.6 is 23.2 Å². The summed E-state index contributed by atoms with van der Waals surface area (Å²) in [5.41, 5.74) is 3.81. The summed E-state index contributed by atoms with van der Waals surface area (Å²) in [6.45, 7) is 4.95. The summed E-state index contributed by atoms with van der Waals surface area (Å²) < 4.78 is 27.5. The van der Waals surface area contributed by atoms with Gasteiger partial charge in [-0.25, -0.2) is 4.39 Å². The van der Waals surface area contributed by atoms with E-state index in [0.717, 1.165) is 50.3 Å². The Labute approximate surface area is 266 Å². The van der Waals surface area contributed by atoms with Gasteiger partial charge in [-0.1, -0.05) is 41.4 Å². The van der Waals surface area contributed by atoms with Gasteiger partial charge in [-0.05, 0) is 44.2 Å². The van der Waals surface area contributed by atoms with Crippen molar-refractivity contribution in [3.63, 3.8) is 0 Å². The van der Waals surface area contributed by atoms with Crippen molar-refractivity contribution < 1.29 is 18.7 Å². The topological polar surface area (TPSA) is 72.3 Å². The predicted molar refractivity (Wildman–Crippen MR) is 168 cm³/mol. The minimum atomic E-state index is -0.500. The van der Waals surface area contributed by atoms with Crippen molar-refractivity contribution >= 4 is 40.5 Å². The maximum absolute atomic E-state index is 15.6. The van der Waals surface area contributed by atoms with Crippen LogP contribution in [-0.2, 0) is 11.3 Å². The Morgan fingerprint density at radius 1 is 1.00 bits per heavy atom. The van der Waals surface area contributed by atoms with Crippen LogP contribution in [0.3, 0.4) is 0 Å². The minimum Gasteiger partial charge on any atom is -0.472 e. The molecule has 44 heavy (non-hydrogen) atoms. The lowest BCUT2D eigenvalue weighted by Crippen LogP contribution is -2.46. The Kier molecular flexibility index (Phi) is 7.79. The molecule has 0 saturated carbocycles. The van der Waals surface area contributed by atoms with E-state index in [1.165, 1.54) is 6.07 Å². The van der Waals surface area contributed by atoms with Gasteiger partial charge in [0.2, 0.25) is 0 Å². The van der Waals surface area contributed by atoms with Crippen LogP contribution < -0.4 is 14.5 Å². The number of para-hydroxylation sites is 1. The molecule has 0 aliphatic carbocycles. The molecule has 2 unspecified atom stereocenters. The number of amides is 1. The lowest BCUT2D eigenvalue weighted by atomic mass is 9.96. The van der Waals surface area contributed by atoms with Crippen LogP contribution in [0.15, 0.2) is 42.5 Å². The molecule has 228 valence electrons. The van der Waals surface area contributed by atoms with Crippen molar-refractivity contribution in [2.24, 2.45) is 0 Å². The first kappa shape index (κ1) is 29.2. The Balaban J connectivity index is 1.16. The number of benzene rings is 3. The summed E-state index contributed by atoms with van der Waals surface area (Å²) in [5, 5.41) is 10.4. The summed E-state index contributed by atoms with van der Waals surface area (Å²) in [4.78, 5) is 21.9. The van der Waals surface area contributed by atoms with Crippen LogP contribution in [0.1, 0.15) is 34.3 Å². The summed E-state index contributed by atoms with van der Waals surface area (Å²) in [5.74, 6) is -0.324. The molecule has 3 aromatic rings. The second-order valence-electron chi connectivity index (χ2n) is 11.9. The zero-order valence-corrected chi connectivity index (χ0v) is 25.9. The number of likely N-dealkylation sites (N-methyl/N-ethyl adjacent to an activating group) is 1. The first-order valence-electron chi connectivity index (χ1n) is 14.9. The Morgan fingerprint density at radius 3 is 2.39 bits per heavy atom. The Bertz CT molecular complexity index is 1630. The number of morpholine rings is 1. The van der Waals surface area contributed by atoms with Crippen molar-refractivity contribution in [1.29, 1.82) is 5.26 Å². The van der Waals surface area contributed by atoms with Gasteiger partial charge < -0.3 is 29.1 Å².